The zero-order valence-electron chi connectivity index (χ0n) is 15.9. The molecule has 2 aromatic rings. The zero-order chi connectivity index (χ0) is 20.3. The maximum absolute atomic E-state index is 13.4. The van der Waals surface area contributed by atoms with Gasteiger partial charge in [-0.3, -0.25) is 9.59 Å². The molecule has 1 aliphatic rings. The van der Waals surface area contributed by atoms with Crippen molar-refractivity contribution in [2.45, 2.75) is 12.5 Å². The number of hydrogen-bond acceptors (Lipinski definition) is 4. The maximum Gasteiger partial charge on any atom is 0.295 e. The van der Waals surface area contributed by atoms with Crippen molar-refractivity contribution in [3.63, 3.8) is 0 Å². The van der Waals surface area contributed by atoms with Crippen molar-refractivity contribution in [2.24, 2.45) is 0 Å². The Labute approximate surface area is 163 Å². The molecule has 0 saturated carbocycles. The lowest BCUT2D eigenvalue weighted by molar-refractivity contribution is -0.139. The van der Waals surface area contributed by atoms with Gasteiger partial charge in [-0.2, -0.15) is 0 Å². The smallest absolute Gasteiger partial charge is 0.295 e. The standard InChI is InChI=1S/C22H23FN2O3/c1-24(2)13-6-14-25-19(15-9-11-17(23)12-10-15)18(21(27)22(25)28)20(26)16-7-4-3-5-8-16/h3-5,7-12,19,26H,6,13-14H2,1-2H3/b20-18-. The molecule has 1 unspecified atom stereocenters. The first-order chi connectivity index (χ1) is 13.4. The second-order valence-electron chi connectivity index (χ2n) is 7.07. The minimum absolute atomic E-state index is 0.0349. The maximum atomic E-state index is 13.4. The average Bonchev–Trinajstić information content (AvgIpc) is 2.93. The van der Waals surface area contributed by atoms with Crippen LogP contribution in [0.15, 0.2) is 60.2 Å². The number of halogens is 1. The van der Waals surface area contributed by atoms with Crippen LogP contribution in [0, 0.1) is 5.82 Å². The van der Waals surface area contributed by atoms with E-state index in [0.29, 0.717) is 24.1 Å². The molecule has 1 fully saturated rings. The van der Waals surface area contributed by atoms with Crippen LogP contribution in [0.25, 0.3) is 5.76 Å². The van der Waals surface area contributed by atoms with Gasteiger partial charge in [0.15, 0.2) is 0 Å². The highest BCUT2D eigenvalue weighted by Crippen LogP contribution is 2.39. The van der Waals surface area contributed by atoms with E-state index < -0.39 is 23.5 Å². The SMILES string of the molecule is CN(C)CCCN1C(=O)C(=O)/C(=C(\O)c2ccccc2)C1c1ccc(F)cc1. The normalized spacial score (nSPS) is 18.9. The summed E-state index contributed by atoms with van der Waals surface area (Å²) in [5, 5.41) is 10.8. The van der Waals surface area contributed by atoms with E-state index in [9.17, 15) is 19.1 Å². The third-order valence-electron chi connectivity index (χ3n) is 4.78. The topological polar surface area (TPSA) is 60.9 Å². The second kappa shape index (κ2) is 8.35. The number of hydrogen-bond donors (Lipinski definition) is 1. The van der Waals surface area contributed by atoms with Crippen LogP contribution in [0.4, 0.5) is 4.39 Å². The fourth-order valence-corrected chi connectivity index (χ4v) is 3.41. The number of carbonyl (C=O) groups excluding carboxylic acids is 2. The van der Waals surface area contributed by atoms with Crippen LogP contribution < -0.4 is 0 Å². The number of rotatable bonds is 6. The van der Waals surface area contributed by atoms with Crippen molar-refractivity contribution >= 4 is 17.4 Å². The number of benzene rings is 2. The number of amides is 1. The van der Waals surface area contributed by atoms with Crippen LogP contribution in [-0.4, -0.2) is 53.8 Å². The monoisotopic (exact) mass is 382 g/mol. The number of Topliss-reactive ketones (excluding diaryl/α,β-unsaturated/α-hetero) is 1. The average molecular weight is 382 g/mol. The number of carbonyl (C=O) groups is 2. The molecule has 1 N–H and O–H groups in total. The van der Waals surface area contributed by atoms with E-state index in [1.807, 2.05) is 19.0 Å². The van der Waals surface area contributed by atoms with Gasteiger partial charge in [-0.05, 0) is 44.8 Å². The third kappa shape index (κ3) is 3.97. The first-order valence-corrected chi connectivity index (χ1v) is 9.14. The molecule has 1 saturated heterocycles. The molecule has 146 valence electrons. The Balaban J connectivity index is 2.07. The molecule has 0 spiro atoms. The second-order valence-corrected chi connectivity index (χ2v) is 7.07. The highest BCUT2D eigenvalue weighted by Gasteiger charge is 2.45. The first kappa shape index (κ1) is 19.8. The Kier molecular flexibility index (Phi) is 5.90. The van der Waals surface area contributed by atoms with Gasteiger partial charge in [0.2, 0.25) is 0 Å². The Morgan fingerprint density at radius 1 is 1.07 bits per heavy atom. The molecule has 6 heteroatoms. The summed E-state index contributed by atoms with van der Waals surface area (Å²) in [5.41, 5.74) is 1.08. The van der Waals surface area contributed by atoms with Crippen LogP contribution in [-0.2, 0) is 9.59 Å². The van der Waals surface area contributed by atoms with E-state index in [0.717, 1.165) is 6.54 Å². The largest absolute Gasteiger partial charge is 0.507 e. The molecule has 3 rings (SSSR count). The lowest BCUT2D eigenvalue weighted by Gasteiger charge is -2.26. The van der Waals surface area contributed by atoms with Gasteiger partial charge in [-0.15, -0.1) is 0 Å². The number of aliphatic hydroxyl groups excluding tert-OH is 1. The van der Waals surface area contributed by atoms with Gasteiger partial charge in [0.1, 0.15) is 11.6 Å². The van der Waals surface area contributed by atoms with Gasteiger partial charge in [0.25, 0.3) is 11.7 Å². The van der Waals surface area contributed by atoms with Gasteiger partial charge in [-0.25, -0.2) is 4.39 Å². The molecular formula is C22H23FN2O3. The molecule has 1 heterocycles. The van der Waals surface area contributed by atoms with Crippen molar-refractivity contribution in [3.05, 3.63) is 77.1 Å². The fourth-order valence-electron chi connectivity index (χ4n) is 3.41. The summed E-state index contributed by atoms with van der Waals surface area (Å²) < 4.78 is 13.4. The number of ketones is 1. The summed E-state index contributed by atoms with van der Waals surface area (Å²) in [6.07, 6.45) is 0.670. The van der Waals surface area contributed by atoms with E-state index in [-0.39, 0.29) is 11.3 Å². The van der Waals surface area contributed by atoms with Crippen LogP contribution >= 0.6 is 0 Å². The molecule has 1 amide bonds. The Hall–Kier alpha value is -2.99. The molecule has 28 heavy (non-hydrogen) atoms. The van der Waals surface area contributed by atoms with E-state index in [4.69, 9.17) is 0 Å². The van der Waals surface area contributed by atoms with Gasteiger partial charge in [-0.1, -0.05) is 42.5 Å². The zero-order valence-corrected chi connectivity index (χ0v) is 15.9. The highest BCUT2D eigenvalue weighted by atomic mass is 19.1. The van der Waals surface area contributed by atoms with Crippen molar-refractivity contribution in [3.8, 4) is 0 Å². The molecule has 5 nitrogen and oxygen atoms in total. The van der Waals surface area contributed by atoms with Crippen molar-refractivity contribution in [1.82, 2.24) is 9.80 Å². The van der Waals surface area contributed by atoms with Gasteiger partial charge in [0, 0.05) is 12.1 Å². The van der Waals surface area contributed by atoms with E-state index >= 15 is 0 Å². The molecule has 2 aromatic carbocycles. The molecular weight excluding hydrogens is 359 g/mol. The summed E-state index contributed by atoms with van der Waals surface area (Å²) in [7, 11) is 3.86. The molecule has 0 radical (unpaired) electrons. The van der Waals surface area contributed by atoms with E-state index in [1.54, 1.807) is 42.5 Å². The minimum Gasteiger partial charge on any atom is -0.507 e. The Morgan fingerprint density at radius 2 is 1.71 bits per heavy atom. The van der Waals surface area contributed by atoms with Crippen LogP contribution in [0.5, 0.6) is 0 Å². The van der Waals surface area contributed by atoms with Crippen molar-refractivity contribution in [2.75, 3.05) is 27.2 Å². The van der Waals surface area contributed by atoms with Crippen molar-refractivity contribution in [1.29, 1.82) is 0 Å². The Morgan fingerprint density at radius 3 is 2.32 bits per heavy atom. The van der Waals surface area contributed by atoms with Crippen LogP contribution in [0.3, 0.4) is 0 Å². The van der Waals surface area contributed by atoms with E-state index in [1.165, 1.54) is 17.0 Å². The fraction of sp³-hybridized carbons (Fsp3) is 0.273. The summed E-state index contributed by atoms with van der Waals surface area (Å²) >= 11 is 0. The molecule has 1 aliphatic heterocycles. The molecule has 0 aromatic heterocycles. The lowest BCUT2D eigenvalue weighted by Crippen LogP contribution is -2.32. The highest BCUT2D eigenvalue weighted by molar-refractivity contribution is 6.46. The van der Waals surface area contributed by atoms with Crippen LogP contribution in [0.1, 0.15) is 23.6 Å². The summed E-state index contributed by atoms with van der Waals surface area (Å²) in [5.74, 6) is -1.99. The number of aliphatic hydroxyl groups is 1. The summed E-state index contributed by atoms with van der Waals surface area (Å²) in [4.78, 5) is 29.0. The Bertz CT molecular complexity index is 892. The molecule has 0 aliphatic carbocycles. The van der Waals surface area contributed by atoms with E-state index in [2.05, 4.69) is 0 Å². The third-order valence-corrected chi connectivity index (χ3v) is 4.78. The summed E-state index contributed by atoms with van der Waals surface area (Å²) in [6.45, 7) is 1.11. The predicted octanol–water partition coefficient (Wildman–Crippen LogP) is 3.20. The van der Waals surface area contributed by atoms with Crippen molar-refractivity contribution < 1.29 is 19.1 Å². The van der Waals surface area contributed by atoms with Gasteiger partial charge >= 0.3 is 0 Å². The van der Waals surface area contributed by atoms with Gasteiger partial charge in [0.05, 0.1) is 11.6 Å². The number of likely N-dealkylation sites (tertiary alicyclic amines) is 1. The van der Waals surface area contributed by atoms with Crippen LogP contribution in [0.2, 0.25) is 0 Å². The quantitative estimate of drug-likeness (QED) is 0.474. The van der Waals surface area contributed by atoms with Gasteiger partial charge < -0.3 is 14.9 Å². The predicted molar refractivity (Wildman–Crippen MR) is 105 cm³/mol. The lowest BCUT2D eigenvalue weighted by atomic mass is 9.95. The summed E-state index contributed by atoms with van der Waals surface area (Å²) in [6, 6.07) is 13.6. The molecule has 0 bridgehead atoms. The number of nitrogens with zero attached hydrogens (tertiary/aromatic N) is 2. The first-order valence-electron chi connectivity index (χ1n) is 9.14. The molecule has 1 atom stereocenters. The minimum atomic E-state index is -0.747.